The molecule has 1 saturated carbocycles. The Morgan fingerprint density at radius 1 is 1.03 bits per heavy atom. The Morgan fingerprint density at radius 2 is 1.81 bits per heavy atom. The maximum atomic E-state index is 6.26. The average Bonchev–Trinajstić information content (AvgIpc) is 3.67. The van der Waals surface area contributed by atoms with E-state index in [1.807, 2.05) is 0 Å². The standard InChI is InChI=1S/C27H33N5/c1-4-6-7-18(3)20-11-8-19(9-12-20)10-15-24-22(28)16-29-27(32-24)25-23(5-2)30-17-31-26(25)21-13-14-21/h7-9,11-12,16-17,21H,4-6,10,13-15,28H2,1-3H3. The molecule has 0 radical (unpaired) electrons. The molecule has 0 amide bonds. The highest BCUT2D eigenvalue weighted by Gasteiger charge is 2.30. The van der Waals surface area contributed by atoms with E-state index in [9.17, 15) is 0 Å². The summed E-state index contributed by atoms with van der Waals surface area (Å²) < 4.78 is 0. The zero-order chi connectivity index (χ0) is 22.5. The minimum absolute atomic E-state index is 0.510. The van der Waals surface area contributed by atoms with Crippen molar-refractivity contribution in [2.24, 2.45) is 0 Å². The molecule has 0 bridgehead atoms. The van der Waals surface area contributed by atoms with Crippen molar-refractivity contribution < 1.29 is 0 Å². The van der Waals surface area contributed by atoms with Crippen LogP contribution in [-0.2, 0) is 19.3 Å². The van der Waals surface area contributed by atoms with Gasteiger partial charge in [-0.05, 0) is 62.1 Å². The predicted molar refractivity (Wildman–Crippen MR) is 131 cm³/mol. The van der Waals surface area contributed by atoms with E-state index in [1.54, 1.807) is 12.5 Å². The molecule has 0 unspecified atom stereocenters. The number of benzene rings is 1. The van der Waals surface area contributed by atoms with Gasteiger partial charge >= 0.3 is 0 Å². The van der Waals surface area contributed by atoms with Crippen molar-refractivity contribution in [1.82, 2.24) is 19.9 Å². The van der Waals surface area contributed by atoms with Crippen molar-refractivity contribution in [3.05, 3.63) is 71.1 Å². The van der Waals surface area contributed by atoms with Gasteiger partial charge < -0.3 is 5.73 Å². The second-order valence-corrected chi connectivity index (χ2v) is 8.68. The maximum Gasteiger partial charge on any atom is 0.163 e. The van der Waals surface area contributed by atoms with Crippen LogP contribution in [0, 0.1) is 0 Å². The van der Waals surface area contributed by atoms with E-state index in [-0.39, 0.29) is 0 Å². The van der Waals surface area contributed by atoms with E-state index < -0.39 is 0 Å². The van der Waals surface area contributed by atoms with Gasteiger partial charge in [-0.1, -0.05) is 50.6 Å². The van der Waals surface area contributed by atoms with Crippen molar-refractivity contribution in [3.63, 3.8) is 0 Å². The molecule has 0 atom stereocenters. The Morgan fingerprint density at radius 3 is 2.50 bits per heavy atom. The summed E-state index contributed by atoms with van der Waals surface area (Å²) in [6, 6.07) is 8.84. The molecule has 0 spiro atoms. The largest absolute Gasteiger partial charge is 0.396 e. The first kappa shape index (κ1) is 22.1. The lowest BCUT2D eigenvalue weighted by atomic mass is 10.0. The lowest BCUT2D eigenvalue weighted by Gasteiger charge is -2.13. The number of hydrogen-bond donors (Lipinski definition) is 1. The fourth-order valence-corrected chi connectivity index (χ4v) is 4.04. The van der Waals surface area contributed by atoms with Gasteiger partial charge in [-0.3, -0.25) is 0 Å². The number of hydrogen-bond acceptors (Lipinski definition) is 5. The van der Waals surface area contributed by atoms with Crippen molar-refractivity contribution in [3.8, 4) is 11.4 Å². The van der Waals surface area contributed by atoms with Gasteiger partial charge in [0.2, 0.25) is 0 Å². The summed E-state index contributed by atoms with van der Waals surface area (Å²) >= 11 is 0. The molecule has 1 fully saturated rings. The molecule has 1 aliphatic carbocycles. The second kappa shape index (κ2) is 10.0. The summed E-state index contributed by atoms with van der Waals surface area (Å²) in [5.74, 6) is 1.22. The zero-order valence-corrected chi connectivity index (χ0v) is 19.4. The monoisotopic (exact) mass is 427 g/mol. The fourth-order valence-electron chi connectivity index (χ4n) is 4.04. The molecule has 3 aromatic rings. The van der Waals surface area contributed by atoms with Gasteiger partial charge in [0, 0.05) is 5.92 Å². The number of aromatic nitrogens is 4. The van der Waals surface area contributed by atoms with Crippen LogP contribution >= 0.6 is 0 Å². The molecule has 0 aliphatic heterocycles. The van der Waals surface area contributed by atoms with E-state index in [4.69, 9.17) is 10.7 Å². The summed E-state index contributed by atoms with van der Waals surface area (Å²) in [6.07, 6.45) is 12.9. The van der Waals surface area contributed by atoms with Gasteiger partial charge in [0.15, 0.2) is 5.82 Å². The third kappa shape index (κ3) is 5.04. The Hall–Kier alpha value is -3.08. The average molecular weight is 428 g/mol. The first-order valence-corrected chi connectivity index (χ1v) is 11.8. The number of aryl methyl sites for hydroxylation is 3. The van der Waals surface area contributed by atoms with Crippen LogP contribution in [0.15, 0.2) is 42.9 Å². The summed E-state index contributed by atoms with van der Waals surface area (Å²) in [7, 11) is 0. The SMILES string of the molecule is CCCC=C(C)c1ccc(CCc2nc(-c3c(CC)ncnc3C3CC3)ncc2N)cc1. The summed E-state index contributed by atoms with van der Waals surface area (Å²) in [4.78, 5) is 18.6. The zero-order valence-electron chi connectivity index (χ0n) is 19.4. The van der Waals surface area contributed by atoms with Gasteiger partial charge in [-0.15, -0.1) is 0 Å². The number of nitrogens with two attached hydrogens (primary N) is 1. The fraction of sp³-hybridized carbons (Fsp3) is 0.407. The third-order valence-corrected chi connectivity index (χ3v) is 6.18. The molecule has 4 rings (SSSR count). The molecule has 32 heavy (non-hydrogen) atoms. The Kier molecular flexibility index (Phi) is 6.93. The molecule has 0 saturated heterocycles. The topological polar surface area (TPSA) is 77.6 Å². The number of rotatable bonds is 9. The summed E-state index contributed by atoms with van der Waals surface area (Å²) in [5, 5.41) is 0. The molecule has 1 aliphatic rings. The van der Waals surface area contributed by atoms with Crippen LogP contribution in [0.2, 0.25) is 0 Å². The van der Waals surface area contributed by atoms with Crippen LogP contribution in [0.1, 0.15) is 80.6 Å². The van der Waals surface area contributed by atoms with E-state index in [0.29, 0.717) is 17.4 Å². The molecule has 166 valence electrons. The van der Waals surface area contributed by atoms with Gasteiger partial charge in [0.1, 0.15) is 6.33 Å². The molecule has 2 heterocycles. The minimum atomic E-state index is 0.510. The number of nitrogens with zero attached hydrogens (tertiary/aromatic N) is 4. The maximum absolute atomic E-state index is 6.26. The van der Waals surface area contributed by atoms with E-state index >= 15 is 0 Å². The molecule has 5 heteroatoms. The second-order valence-electron chi connectivity index (χ2n) is 8.68. The van der Waals surface area contributed by atoms with Crippen molar-refractivity contribution in [2.45, 2.75) is 71.6 Å². The van der Waals surface area contributed by atoms with Gasteiger partial charge in [0.05, 0.1) is 34.5 Å². The third-order valence-electron chi connectivity index (χ3n) is 6.18. The molecule has 2 N–H and O–H groups in total. The highest BCUT2D eigenvalue weighted by atomic mass is 14.9. The van der Waals surface area contributed by atoms with Crippen LogP contribution in [0.3, 0.4) is 0 Å². The molecule has 1 aromatic carbocycles. The van der Waals surface area contributed by atoms with Crippen LogP contribution < -0.4 is 5.73 Å². The van der Waals surface area contributed by atoms with Gasteiger partial charge in [0.25, 0.3) is 0 Å². The van der Waals surface area contributed by atoms with E-state index in [1.165, 1.54) is 36.0 Å². The van der Waals surface area contributed by atoms with Crippen LogP contribution in [0.4, 0.5) is 5.69 Å². The molecular formula is C27H33N5. The highest BCUT2D eigenvalue weighted by molar-refractivity contribution is 5.65. The van der Waals surface area contributed by atoms with E-state index in [0.717, 1.165) is 48.3 Å². The smallest absolute Gasteiger partial charge is 0.163 e. The number of nitrogen functional groups attached to an aromatic ring is 1. The quantitative estimate of drug-likeness (QED) is 0.457. The summed E-state index contributed by atoms with van der Waals surface area (Å²) in [6.45, 7) is 6.50. The minimum Gasteiger partial charge on any atom is -0.396 e. The number of unbranched alkanes of at least 4 members (excludes halogenated alkanes) is 1. The highest BCUT2D eigenvalue weighted by Crippen LogP contribution is 2.43. The van der Waals surface area contributed by atoms with Crippen LogP contribution in [0.5, 0.6) is 0 Å². The van der Waals surface area contributed by atoms with Crippen molar-refractivity contribution in [1.29, 1.82) is 0 Å². The Labute approximate surface area is 191 Å². The van der Waals surface area contributed by atoms with Gasteiger partial charge in [-0.2, -0.15) is 0 Å². The Bertz CT molecular complexity index is 1100. The predicted octanol–water partition coefficient (Wildman–Crippen LogP) is 5.94. The first-order chi connectivity index (χ1) is 15.6. The van der Waals surface area contributed by atoms with Gasteiger partial charge in [-0.25, -0.2) is 19.9 Å². The normalized spacial score (nSPS) is 14.0. The number of allylic oxidation sites excluding steroid dienone is 2. The summed E-state index contributed by atoms with van der Waals surface area (Å²) in [5.41, 5.74) is 14.8. The lowest BCUT2D eigenvalue weighted by Crippen LogP contribution is -2.07. The Balaban J connectivity index is 1.54. The first-order valence-electron chi connectivity index (χ1n) is 11.8. The number of anilines is 1. The van der Waals surface area contributed by atoms with Crippen LogP contribution in [-0.4, -0.2) is 19.9 Å². The molecule has 5 nitrogen and oxygen atoms in total. The molecule has 2 aromatic heterocycles. The van der Waals surface area contributed by atoms with Crippen molar-refractivity contribution in [2.75, 3.05) is 5.73 Å². The lowest BCUT2D eigenvalue weighted by molar-refractivity contribution is 0.891. The van der Waals surface area contributed by atoms with Crippen LogP contribution in [0.25, 0.3) is 17.0 Å². The van der Waals surface area contributed by atoms with Crippen molar-refractivity contribution >= 4 is 11.3 Å². The molecular weight excluding hydrogens is 394 g/mol. The van der Waals surface area contributed by atoms with E-state index in [2.05, 4.69) is 66.1 Å².